The predicted octanol–water partition coefficient (Wildman–Crippen LogP) is 5.78. The van der Waals surface area contributed by atoms with E-state index in [0.29, 0.717) is 60.0 Å². The van der Waals surface area contributed by atoms with Crippen molar-refractivity contribution in [2.75, 3.05) is 24.5 Å². The molecule has 0 aliphatic carbocycles. The summed E-state index contributed by atoms with van der Waals surface area (Å²) in [5, 5.41) is 13.0. The molecule has 9 heteroatoms. The van der Waals surface area contributed by atoms with Crippen molar-refractivity contribution in [3.05, 3.63) is 63.7 Å². The average Bonchev–Trinajstić information content (AvgIpc) is 3.18. The molecule has 0 saturated carbocycles. The highest BCUT2D eigenvalue weighted by atomic mass is 35.5. The van der Waals surface area contributed by atoms with E-state index in [0.717, 1.165) is 10.1 Å². The zero-order valence-electron chi connectivity index (χ0n) is 19.1. The fraction of sp³-hybridized carbons (Fsp3) is 0.346. The van der Waals surface area contributed by atoms with Gasteiger partial charge in [-0.05, 0) is 49.4 Å². The number of carboxylic acids is 1. The second-order valence-corrected chi connectivity index (χ2v) is 10.1. The number of carbonyl (C=O) groups is 3. The molecular formula is C26H26ClFN2O4S. The number of hydrogen-bond acceptors (Lipinski definition) is 5. The van der Waals surface area contributed by atoms with Crippen LogP contribution in [-0.4, -0.2) is 42.4 Å². The molecule has 1 saturated heterocycles. The maximum Gasteiger partial charge on any atom is 0.303 e. The maximum atomic E-state index is 14.8. The van der Waals surface area contributed by atoms with Gasteiger partial charge in [-0.2, -0.15) is 0 Å². The van der Waals surface area contributed by atoms with Crippen LogP contribution < -0.4 is 10.2 Å². The van der Waals surface area contributed by atoms with Crippen LogP contribution >= 0.6 is 22.9 Å². The molecule has 0 spiro atoms. The third-order valence-electron chi connectivity index (χ3n) is 6.30. The quantitative estimate of drug-likeness (QED) is 0.278. The Balaban J connectivity index is 1.26. The highest BCUT2D eigenvalue weighted by Gasteiger charge is 2.23. The van der Waals surface area contributed by atoms with Gasteiger partial charge in [0.2, 0.25) is 0 Å². The van der Waals surface area contributed by atoms with Crippen LogP contribution in [0.3, 0.4) is 0 Å². The van der Waals surface area contributed by atoms with Crippen molar-refractivity contribution < 1.29 is 23.9 Å². The minimum Gasteiger partial charge on any atom is -0.481 e. The van der Waals surface area contributed by atoms with Gasteiger partial charge in [0.05, 0.1) is 10.7 Å². The molecule has 184 valence electrons. The number of ketones is 1. The Bertz CT molecular complexity index is 1250. The van der Waals surface area contributed by atoms with E-state index in [-0.39, 0.29) is 30.4 Å². The number of anilines is 1. The molecular weight excluding hydrogens is 491 g/mol. The van der Waals surface area contributed by atoms with Crippen molar-refractivity contribution >= 4 is 56.4 Å². The van der Waals surface area contributed by atoms with Gasteiger partial charge in [-0.25, -0.2) is 4.39 Å². The lowest BCUT2D eigenvalue weighted by Gasteiger charge is -2.33. The molecule has 6 nitrogen and oxygen atoms in total. The summed E-state index contributed by atoms with van der Waals surface area (Å²) in [4.78, 5) is 38.3. The molecule has 1 aliphatic heterocycles. The SMILES string of the molecule is O=C(O)CC1CCN(c2ccc(C(=O)CCCNC(=O)c3sc4ccccc4c3Cl)cc2F)CC1. The lowest BCUT2D eigenvalue weighted by Crippen LogP contribution is -2.34. The first-order valence-electron chi connectivity index (χ1n) is 11.6. The monoisotopic (exact) mass is 516 g/mol. The van der Waals surface area contributed by atoms with Gasteiger partial charge in [0.1, 0.15) is 10.7 Å². The van der Waals surface area contributed by atoms with Crippen LogP contribution in [0.25, 0.3) is 10.1 Å². The number of halogens is 2. The second kappa shape index (κ2) is 11.2. The van der Waals surface area contributed by atoms with Gasteiger partial charge in [-0.1, -0.05) is 29.8 Å². The lowest BCUT2D eigenvalue weighted by molar-refractivity contribution is -0.138. The minimum atomic E-state index is -0.805. The Morgan fingerprint density at radius 2 is 1.89 bits per heavy atom. The van der Waals surface area contributed by atoms with Crippen LogP contribution in [0.15, 0.2) is 42.5 Å². The molecule has 4 rings (SSSR count). The molecule has 1 fully saturated rings. The molecule has 0 atom stereocenters. The summed E-state index contributed by atoms with van der Waals surface area (Å²) in [6, 6.07) is 12.0. The topological polar surface area (TPSA) is 86.7 Å². The molecule has 0 bridgehead atoms. The van der Waals surface area contributed by atoms with Crippen molar-refractivity contribution in [2.45, 2.75) is 32.1 Å². The van der Waals surface area contributed by atoms with E-state index in [4.69, 9.17) is 16.7 Å². The van der Waals surface area contributed by atoms with Crippen LogP contribution in [0, 0.1) is 11.7 Å². The van der Waals surface area contributed by atoms with Crippen LogP contribution in [0.4, 0.5) is 10.1 Å². The van der Waals surface area contributed by atoms with Crippen molar-refractivity contribution in [1.82, 2.24) is 5.32 Å². The highest BCUT2D eigenvalue weighted by molar-refractivity contribution is 7.21. The molecule has 0 unspecified atom stereocenters. The van der Waals surface area contributed by atoms with E-state index in [9.17, 15) is 18.8 Å². The maximum absolute atomic E-state index is 14.8. The summed E-state index contributed by atoms with van der Waals surface area (Å²) < 4.78 is 15.7. The average molecular weight is 517 g/mol. The Kier molecular flexibility index (Phi) is 8.03. The number of carboxylic acid groups (broad SMARTS) is 1. The number of hydrogen-bond donors (Lipinski definition) is 2. The third kappa shape index (κ3) is 6.00. The van der Waals surface area contributed by atoms with Gasteiger partial charge in [0.25, 0.3) is 5.91 Å². The first kappa shape index (κ1) is 25.1. The van der Waals surface area contributed by atoms with Crippen molar-refractivity contribution in [1.29, 1.82) is 0 Å². The standard InChI is InChI=1S/C26H26ClFN2O4S/c27-24-18-4-1-2-6-22(18)35-25(24)26(34)29-11-3-5-21(31)17-7-8-20(19(28)15-17)30-12-9-16(10-13-30)14-23(32)33/h1-2,4,6-8,15-16H,3,5,9-14H2,(H,29,34)(H,32,33). The molecule has 2 heterocycles. The Hall–Kier alpha value is -2.97. The fourth-order valence-corrected chi connectivity index (χ4v) is 5.83. The first-order valence-corrected chi connectivity index (χ1v) is 12.8. The van der Waals surface area contributed by atoms with Crippen LogP contribution in [-0.2, 0) is 4.79 Å². The van der Waals surface area contributed by atoms with E-state index >= 15 is 0 Å². The Morgan fingerprint density at radius 1 is 1.14 bits per heavy atom. The summed E-state index contributed by atoms with van der Waals surface area (Å²) in [5.74, 6) is -1.61. The molecule has 1 amide bonds. The number of rotatable bonds is 9. The number of carbonyl (C=O) groups excluding carboxylic acids is 2. The number of piperidine rings is 1. The minimum absolute atomic E-state index is 0.114. The third-order valence-corrected chi connectivity index (χ3v) is 7.97. The van der Waals surface area contributed by atoms with Gasteiger partial charge < -0.3 is 15.3 Å². The summed E-state index contributed by atoms with van der Waals surface area (Å²) >= 11 is 7.67. The largest absolute Gasteiger partial charge is 0.481 e. The zero-order valence-corrected chi connectivity index (χ0v) is 20.6. The lowest BCUT2D eigenvalue weighted by atomic mass is 9.93. The van der Waals surface area contributed by atoms with Gasteiger partial charge >= 0.3 is 5.97 Å². The Morgan fingerprint density at radius 3 is 2.57 bits per heavy atom. The van der Waals surface area contributed by atoms with Gasteiger partial charge in [-0.15, -0.1) is 11.3 Å². The molecule has 3 aromatic rings. The highest BCUT2D eigenvalue weighted by Crippen LogP contribution is 2.35. The number of thiophene rings is 1. The molecule has 1 aromatic heterocycles. The van der Waals surface area contributed by atoms with Crippen molar-refractivity contribution in [3.8, 4) is 0 Å². The van der Waals surface area contributed by atoms with Gasteiger partial charge in [0.15, 0.2) is 5.78 Å². The number of nitrogens with zero attached hydrogens (tertiary/aromatic N) is 1. The number of Topliss-reactive ketones (excluding diaryl/α,β-unsaturated/α-hetero) is 1. The first-order chi connectivity index (χ1) is 16.8. The summed E-state index contributed by atoms with van der Waals surface area (Å²) in [7, 11) is 0. The molecule has 2 aromatic carbocycles. The number of benzene rings is 2. The summed E-state index contributed by atoms with van der Waals surface area (Å²) in [5.41, 5.74) is 0.730. The van der Waals surface area contributed by atoms with Gasteiger partial charge in [-0.3, -0.25) is 14.4 Å². The second-order valence-electron chi connectivity index (χ2n) is 8.72. The molecule has 35 heavy (non-hydrogen) atoms. The molecule has 0 radical (unpaired) electrons. The number of fused-ring (bicyclic) bond motifs is 1. The van der Waals surface area contributed by atoms with E-state index in [2.05, 4.69) is 5.32 Å². The number of aliphatic carboxylic acids is 1. The van der Waals surface area contributed by atoms with Crippen LogP contribution in [0.2, 0.25) is 5.02 Å². The summed E-state index contributed by atoms with van der Waals surface area (Å²) in [6.45, 7) is 1.48. The fourth-order valence-electron chi connectivity index (χ4n) is 4.40. The Labute approximate surface area is 211 Å². The van der Waals surface area contributed by atoms with E-state index in [1.54, 1.807) is 12.1 Å². The van der Waals surface area contributed by atoms with Crippen LogP contribution in [0.5, 0.6) is 0 Å². The summed E-state index contributed by atoms with van der Waals surface area (Å²) in [6.07, 6.45) is 2.14. The van der Waals surface area contributed by atoms with E-state index < -0.39 is 11.8 Å². The molecule has 2 N–H and O–H groups in total. The van der Waals surface area contributed by atoms with Crippen LogP contribution in [0.1, 0.15) is 52.1 Å². The van der Waals surface area contributed by atoms with Crippen molar-refractivity contribution in [3.63, 3.8) is 0 Å². The number of amides is 1. The predicted molar refractivity (Wildman–Crippen MR) is 136 cm³/mol. The zero-order chi connectivity index (χ0) is 24.9. The van der Waals surface area contributed by atoms with E-state index in [1.807, 2.05) is 29.2 Å². The smallest absolute Gasteiger partial charge is 0.303 e. The normalized spacial score (nSPS) is 14.3. The van der Waals surface area contributed by atoms with Crippen molar-refractivity contribution in [2.24, 2.45) is 5.92 Å². The number of nitrogens with one attached hydrogen (secondary N) is 1. The molecule has 1 aliphatic rings. The van der Waals surface area contributed by atoms with Gasteiger partial charge in [0, 0.05) is 48.1 Å². The van der Waals surface area contributed by atoms with E-state index in [1.165, 1.54) is 17.4 Å².